The molecule has 3 rings (SSSR count). The smallest absolute Gasteiger partial charge is 0.280 e. The molecule has 0 radical (unpaired) electrons. The molecule has 0 atom stereocenters. The number of halogens is 1. The van der Waals surface area contributed by atoms with E-state index in [1.807, 2.05) is 13.8 Å². The third-order valence-electron chi connectivity index (χ3n) is 3.84. The third kappa shape index (κ3) is 4.78. The van der Waals surface area contributed by atoms with Crippen molar-refractivity contribution in [2.45, 2.75) is 20.8 Å². The molecule has 2 aromatic heterocycles. The van der Waals surface area contributed by atoms with E-state index < -0.39 is 17.3 Å². The number of amides is 1. The molecule has 1 amide bonds. The van der Waals surface area contributed by atoms with E-state index in [4.69, 9.17) is 9.94 Å². The molecule has 8 nitrogen and oxygen atoms in total. The zero-order valence-electron chi connectivity index (χ0n) is 16.6. The highest BCUT2D eigenvalue weighted by atomic mass is 32.1. The van der Waals surface area contributed by atoms with Crippen LogP contribution >= 0.6 is 11.3 Å². The number of rotatable bonds is 6. The molecule has 1 aromatic carbocycles. The molecule has 0 saturated heterocycles. The van der Waals surface area contributed by atoms with E-state index in [-0.39, 0.29) is 35.8 Å². The zero-order chi connectivity index (χ0) is 21.6. The van der Waals surface area contributed by atoms with E-state index in [0.29, 0.717) is 4.70 Å². The Kier molecular flexibility index (Phi) is 7.82. The summed E-state index contributed by atoms with van der Waals surface area (Å²) in [5, 5.41) is 11.6. The summed E-state index contributed by atoms with van der Waals surface area (Å²) < 4.78 is 15.8. The third-order valence-corrected chi connectivity index (χ3v) is 4.68. The number of benzene rings is 1. The SMILES string of the molecule is CC.Cc1ccc(Nc2c(C(=O)NOCCO)c3scnc3c(=O)n2C)c(F)c1. The molecule has 10 heteroatoms. The number of hydroxylamine groups is 1. The second-order valence-corrected chi connectivity index (χ2v) is 6.58. The molecule has 156 valence electrons. The lowest BCUT2D eigenvalue weighted by molar-refractivity contribution is 0.0170. The first-order valence-corrected chi connectivity index (χ1v) is 9.84. The molecule has 0 bridgehead atoms. The Balaban J connectivity index is 0.00000145. The first-order valence-electron chi connectivity index (χ1n) is 8.96. The molecule has 0 saturated carbocycles. The van der Waals surface area contributed by atoms with Crippen molar-refractivity contribution in [1.29, 1.82) is 0 Å². The lowest BCUT2D eigenvalue weighted by atomic mass is 10.2. The van der Waals surface area contributed by atoms with Crippen LogP contribution in [-0.4, -0.2) is 33.8 Å². The number of hydrogen-bond donors (Lipinski definition) is 3. The average Bonchev–Trinajstić information content (AvgIpc) is 3.19. The summed E-state index contributed by atoms with van der Waals surface area (Å²) >= 11 is 1.11. The number of thiazole rings is 1. The van der Waals surface area contributed by atoms with Gasteiger partial charge in [-0.2, -0.15) is 0 Å². The summed E-state index contributed by atoms with van der Waals surface area (Å²) in [5.74, 6) is -1.07. The molecule has 3 aromatic rings. The number of carbonyl (C=O) groups excluding carboxylic acids is 1. The summed E-state index contributed by atoms with van der Waals surface area (Å²) in [6.45, 7) is 5.38. The van der Waals surface area contributed by atoms with E-state index in [2.05, 4.69) is 15.8 Å². The minimum atomic E-state index is -0.650. The maximum atomic E-state index is 14.3. The van der Waals surface area contributed by atoms with Crippen LogP contribution in [0.4, 0.5) is 15.9 Å². The summed E-state index contributed by atoms with van der Waals surface area (Å²) in [4.78, 5) is 34.1. The lowest BCUT2D eigenvalue weighted by Crippen LogP contribution is -2.30. The van der Waals surface area contributed by atoms with E-state index >= 15 is 0 Å². The van der Waals surface area contributed by atoms with Gasteiger partial charge in [0.25, 0.3) is 11.5 Å². The molecule has 3 N–H and O–H groups in total. The molecular weight excluding hydrogens is 399 g/mol. The number of anilines is 2. The van der Waals surface area contributed by atoms with Crippen LogP contribution in [0.25, 0.3) is 10.2 Å². The quantitative estimate of drug-likeness (QED) is 0.417. The van der Waals surface area contributed by atoms with E-state index in [9.17, 15) is 14.0 Å². The Labute approximate surface area is 170 Å². The topological polar surface area (TPSA) is 105 Å². The van der Waals surface area contributed by atoms with E-state index in [1.54, 1.807) is 13.0 Å². The van der Waals surface area contributed by atoms with Crippen LogP contribution in [0.5, 0.6) is 0 Å². The highest BCUT2D eigenvalue weighted by Crippen LogP contribution is 2.29. The fourth-order valence-corrected chi connectivity index (χ4v) is 3.35. The van der Waals surface area contributed by atoms with Gasteiger partial charge >= 0.3 is 0 Å². The largest absolute Gasteiger partial charge is 0.394 e. The predicted molar refractivity (Wildman–Crippen MR) is 111 cm³/mol. The second-order valence-electron chi connectivity index (χ2n) is 5.73. The minimum Gasteiger partial charge on any atom is -0.394 e. The van der Waals surface area contributed by atoms with Gasteiger partial charge in [0.2, 0.25) is 0 Å². The average molecular weight is 422 g/mol. The normalized spacial score (nSPS) is 10.4. The van der Waals surface area contributed by atoms with Gasteiger partial charge in [0.05, 0.1) is 29.1 Å². The van der Waals surface area contributed by atoms with Crippen molar-refractivity contribution >= 4 is 39.0 Å². The standard InChI is InChI=1S/C17H17FN4O4S.C2H6/c1-9-3-4-11(10(18)7-9)20-15-12(16(24)21-26-6-5-23)14-13(19-8-27-14)17(25)22(15)2;1-2/h3-4,7-8,20,23H,5-6H2,1-2H3,(H,21,24);1-2H3. The molecular formula is C19H23FN4O4S. The zero-order valence-corrected chi connectivity index (χ0v) is 17.4. The highest BCUT2D eigenvalue weighted by Gasteiger charge is 2.23. The number of aliphatic hydroxyl groups is 1. The number of nitrogens with one attached hydrogen (secondary N) is 2. The highest BCUT2D eigenvalue weighted by molar-refractivity contribution is 7.17. The van der Waals surface area contributed by atoms with Gasteiger partial charge in [0.1, 0.15) is 22.7 Å². The number of pyridine rings is 1. The molecule has 0 spiro atoms. The number of nitrogens with zero attached hydrogens (tertiary/aromatic N) is 2. The minimum absolute atomic E-state index is 0.0903. The van der Waals surface area contributed by atoms with Crippen molar-refractivity contribution in [3.8, 4) is 0 Å². The van der Waals surface area contributed by atoms with Gasteiger partial charge in [-0.15, -0.1) is 11.3 Å². The van der Waals surface area contributed by atoms with Crippen LogP contribution in [0.15, 0.2) is 28.5 Å². The summed E-state index contributed by atoms with van der Waals surface area (Å²) in [6, 6.07) is 4.57. The first kappa shape index (κ1) is 22.5. The van der Waals surface area contributed by atoms with Crippen molar-refractivity contribution in [3.63, 3.8) is 0 Å². The van der Waals surface area contributed by atoms with Crippen molar-refractivity contribution in [3.05, 3.63) is 51.0 Å². The molecule has 0 aliphatic carbocycles. The maximum absolute atomic E-state index is 14.3. The van der Waals surface area contributed by atoms with Crippen LogP contribution < -0.4 is 16.4 Å². The molecule has 0 aliphatic heterocycles. The Hall–Kier alpha value is -2.82. The number of aryl methyl sites for hydroxylation is 1. The molecule has 29 heavy (non-hydrogen) atoms. The van der Waals surface area contributed by atoms with Crippen molar-refractivity contribution in [1.82, 2.24) is 15.0 Å². The van der Waals surface area contributed by atoms with Crippen molar-refractivity contribution < 1.29 is 19.1 Å². The van der Waals surface area contributed by atoms with Crippen LogP contribution in [-0.2, 0) is 11.9 Å². The van der Waals surface area contributed by atoms with Gasteiger partial charge in [-0.3, -0.25) is 19.0 Å². The van der Waals surface area contributed by atoms with Crippen molar-refractivity contribution in [2.24, 2.45) is 7.05 Å². The number of fused-ring (bicyclic) bond motifs is 1. The van der Waals surface area contributed by atoms with Gasteiger partial charge in [-0.1, -0.05) is 19.9 Å². The maximum Gasteiger partial charge on any atom is 0.280 e. The number of aliphatic hydroxyl groups excluding tert-OH is 1. The van der Waals surface area contributed by atoms with Crippen LogP contribution in [0, 0.1) is 12.7 Å². The lowest BCUT2D eigenvalue weighted by Gasteiger charge is -2.17. The Bertz CT molecular complexity index is 1060. The summed E-state index contributed by atoms with van der Waals surface area (Å²) in [5.41, 5.74) is 4.31. The molecule has 2 heterocycles. The Morgan fingerprint density at radius 3 is 2.76 bits per heavy atom. The van der Waals surface area contributed by atoms with Crippen molar-refractivity contribution in [2.75, 3.05) is 18.5 Å². The predicted octanol–water partition coefficient (Wildman–Crippen LogP) is 2.87. The van der Waals surface area contributed by atoms with Gasteiger partial charge in [0, 0.05) is 7.05 Å². The fourth-order valence-electron chi connectivity index (χ4n) is 2.53. The van der Waals surface area contributed by atoms with E-state index in [0.717, 1.165) is 16.9 Å². The fraction of sp³-hybridized carbons (Fsp3) is 0.316. The second kappa shape index (κ2) is 10.1. The van der Waals surface area contributed by atoms with Gasteiger partial charge in [0.15, 0.2) is 0 Å². The monoisotopic (exact) mass is 422 g/mol. The Morgan fingerprint density at radius 1 is 1.38 bits per heavy atom. The van der Waals surface area contributed by atoms with Gasteiger partial charge in [-0.25, -0.2) is 14.9 Å². The number of aromatic nitrogens is 2. The van der Waals surface area contributed by atoms with Gasteiger partial charge < -0.3 is 10.4 Å². The van der Waals surface area contributed by atoms with Crippen LogP contribution in [0.3, 0.4) is 0 Å². The number of carbonyl (C=O) groups is 1. The molecule has 0 aliphatic rings. The number of hydrogen-bond acceptors (Lipinski definition) is 7. The Morgan fingerprint density at radius 2 is 2.10 bits per heavy atom. The molecule has 0 unspecified atom stereocenters. The van der Waals surface area contributed by atoms with Crippen LogP contribution in [0.1, 0.15) is 29.8 Å². The summed E-state index contributed by atoms with van der Waals surface area (Å²) in [6.07, 6.45) is 0. The molecule has 0 fully saturated rings. The first-order chi connectivity index (χ1) is 13.9. The van der Waals surface area contributed by atoms with E-state index in [1.165, 1.54) is 29.3 Å². The van der Waals surface area contributed by atoms with Gasteiger partial charge in [-0.05, 0) is 24.6 Å². The van der Waals surface area contributed by atoms with Crippen LogP contribution in [0.2, 0.25) is 0 Å². The summed E-state index contributed by atoms with van der Waals surface area (Å²) in [7, 11) is 1.46.